The number of fused-ring (bicyclic) bond motifs is 2. The molecule has 3 aromatic carbocycles. The monoisotopic (exact) mass is 416 g/mol. The molecule has 0 spiro atoms. The van der Waals surface area contributed by atoms with Crippen molar-refractivity contribution >= 4 is 22.5 Å². The SMILES string of the molecule is CN1Cc2ccccc2C(c2cccc(-c3c(O)c4ccc(Cl)cc4[nH]c3=O)c2)C1. The molecule has 0 amide bonds. The van der Waals surface area contributed by atoms with Crippen molar-refractivity contribution in [1.82, 2.24) is 9.88 Å². The zero-order chi connectivity index (χ0) is 20.8. The Balaban J connectivity index is 1.65. The highest BCUT2D eigenvalue weighted by atomic mass is 35.5. The largest absolute Gasteiger partial charge is 0.506 e. The molecule has 5 rings (SSSR count). The van der Waals surface area contributed by atoms with Crippen molar-refractivity contribution in [1.29, 1.82) is 0 Å². The minimum Gasteiger partial charge on any atom is -0.506 e. The predicted molar refractivity (Wildman–Crippen MR) is 121 cm³/mol. The lowest BCUT2D eigenvalue weighted by Crippen LogP contribution is -2.30. The molecule has 0 saturated carbocycles. The molecule has 4 aromatic rings. The molecule has 2 N–H and O–H groups in total. The third-order valence-electron chi connectivity index (χ3n) is 5.89. The average molecular weight is 417 g/mol. The molecule has 1 aliphatic heterocycles. The molecule has 5 heteroatoms. The van der Waals surface area contributed by atoms with Crippen molar-refractivity contribution in [2.75, 3.05) is 13.6 Å². The first-order valence-electron chi connectivity index (χ1n) is 9.92. The van der Waals surface area contributed by atoms with Gasteiger partial charge in [0.25, 0.3) is 5.56 Å². The van der Waals surface area contributed by atoms with Crippen molar-refractivity contribution in [3.05, 3.63) is 98.8 Å². The van der Waals surface area contributed by atoms with Crippen LogP contribution < -0.4 is 5.56 Å². The topological polar surface area (TPSA) is 56.3 Å². The first-order valence-corrected chi connectivity index (χ1v) is 10.3. The van der Waals surface area contributed by atoms with Crippen molar-refractivity contribution in [3.8, 4) is 16.9 Å². The molecule has 0 radical (unpaired) electrons. The molecular formula is C25H21ClN2O2. The summed E-state index contributed by atoms with van der Waals surface area (Å²) in [5.74, 6) is 0.184. The van der Waals surface area contributed by atoms with E-state index in [9.17, 15) is 9.90 Å². The van der Waals surface area contributed by atoms with E-state index in [-0.39, 0.29) is 22.8 Å². The van der Waals surface area contributed by atoms with Gasteiger partial charge in [-0.05, 0) is 47.5 Å². The normalized spacial score (nSPS) is 16.5. The van der Waals surface area contributed by atoms with E-state index in [4.69, 9.17) is 11.6 Å². The number of pyridine rings is 1. The van der Waals surface area contributed by atoms with Gasteiger partial charge in [0.05, 0.1) is 11.1 Å². The summed E-state index contributed by atoms with van der Waals surface area (Å²) in [7, 11) is 2.12. The van der Waals surface area contributed by atoms with Crippen LogP contribution in [0.15, 0.2) is 71.5 Å². The summed E-state index contributed by atoms with van der Waals surface area (Å²) in [6.07, 6.45) is 0. The van der Waals surface area contributed by atoms with E-state index >= 15 is 0 Å². The van der Waals surface area contributed by atoms with Crippen LogP contribution in [0.5, 0.6) is 5.75 Å². The Hall–Kier alpha value is -3.08. The van der Waals surface area contributed by atoms with E-state index in [1.165, 1.54) is 11.1 Å². The highest BCUT2D eigenvalue weighted by Crippen LogP contribution is 2.37. The minimum absolute atomic E-state index is 0.0243. The number of hydrogen-bond donors (Lipinski definition) is 2. The van der Waals surface area contributed by atoms with Crippen LogP contribution in [-0.2, 0) is 6.54 Å². The van der Waals surface area contributed by atoms with Crippen LogP contribution in [0.25, 0.3) is 22.0 Å². The van der Waals surface area contributed by atoms with Gasteiger partial charge in [-0.3, -0.25) is 4.79 Å². The molecule has 0 saturated heterocycles. The van der Waals surface area contributed by atoms with Gasteiger partial charge in [-0.2, -0.15) is 0 Å². The Morgan fingerprint density at radius 3 is 2.77 bits per heavy atom. The van der Waals surface area contributed by atoms with Gasteiger partial charge in [-0.15, -0.1) is 0 Å². The van der Waals surface area contributed by atoms with Gasteiger partial charge in [-0.1, -0.05) is 60.1 Å². The number of benzene rings is 3. The maximum atomic E-state index is 12.8. The van der Waals surface area contributed by atoms with Crippen LogP contribution in [0, 0.1) is 0 Å². The molecule has 1 aromatic heterocycles. The number of nitrogens with one attached hydrogen (secondary N) is 1. The predicted octanol–water partition coefficient (Wildman–Crippen LogP) is 5.13. The molecule has 1 unspecified atom stereocenters. The second-order valence-electron chi connectivity index (χ2n) is 7.94. The fraction of sp³-hybridized carbons (Fsp3) is 0.160. The summed E-state index contributed by atoms with van der Waals surface area (Å²) in [5, 5.41) is 12.0. The molecule has 0 bridgehead atoms. The van der Waals surface area contributed by atoms with Gasteiger partial charge in [0, 0.05) is 29.4 Å². The van der Waals surface area contributed by atoms with E-state index in [1.54, 1.807) is 18.2 Å². The Labute approximate surface area is 179 Å². The van der Waals surface area contributed by atoms with Crippen LogP contribution in [0.2, 0.25) is 5.02 Å². The highest BCUT2D eigenvalue weighted by Gasteiger charge is 2.25. The molecule has 1 aliphatic rings. The van der Waals surface area contributed by atoms with E-state index < -0.39 is 0 Å². The molecule has 150 valence electrons. The third-order valence-corrected chi connectivity index (χ3v) is 6.13. The van der Waals surface area contributed by atoms with Gasteiger partial charge in [0.2, 0.25) is 0 Å². The molecule has 30 heavy (non-hydrogen) atoms. The van der Waals surface area contributed by atoms with Crippen LogP contribution in [0.1, 0.15) is 22.6 Å². The van der Waals surface area contributed by atoms with Crippen molar-refractivity contribution in [3.63, 3.8) is 0 Å². The summed E-state index contributed by atoms with van der Waals surface area (Å²) in [6.45, 7) is 1.83. The average Bonchev–Trinajstić information content (AvgIpc) is 2.73. The molecular weight excluding hydrogens is 396 g/mol. The lowest BCUT2D eigenvalue weighted by Gasteiger charge is -2.32. The maximum Gasteiger partial charge on any atom is 0.260 e. The Morgan fingerprint density at radius 1 is 1.07 bits per heavy atom. The lowest BCUT2D eigenvalue weighted by molar-refractivity contribution is 0.295. The summed E-state index contributed by atoms with van der Waals surface area (Å²) < 4.78 is 0. The van der Waals surface area contributed by atoms with Gasteiger partial charge >= 0.3 is 0 Å². The molecule has 4 nitrogen and oxygen atoms in total. The van der Waals surface area contributed by atoms with Crippen molar-refractivity contribution in [2.45, 2.75) is 12.5 Å². The summed E-state index contributed by atoms with van der Waals surface area (Å²) in [4.78, 5) is 18.0. The molecule has 0 aliphatic carbocycles. The van der Waals surface area contributed by atoms with E-state index in [0.29, 0.717) is 21.5 Å². The number of likely N-dealkylation sites (N-methyl/N-ethyl adjacent to an activating group) is 1. The van der Waals surface area contributed by atoms with Crippen LogP contribution in [-0.4, -0.2) is 28.6 Å². The molecule has 1 atom stereocenters. The van der Waals surface area contributed by atoms with E-state index in [2.05, 4.69) is 47.3 Å². The standard InChI is InChI=1S/C25H21ClN2O2/c1-28-13-17-5-2-3-8-19(17)21(14-28)15-6-4-7-16(11-15)23-24(29)20-10-9-18(26)12-22(20)27-25(23)30/h2-12,21H,13-14H2,1H3,(H2,27,29,30). The second-order valence-corrected chi connectivity index (χ2v) is 8.38. The van der Waals surface area contributed by atoms with Crippen LogP contribution in [0.3, 0.4) is 0 Å². The van der Waals surface area contributed by atoms with E-state index in [1.807, 2.05) is 18.2 Å². The van der Waals surface area contributed by atoms with Gasteiger partial charge < -0.3 is 15.0 Å². The number of hydrogen-bond acceptors (Lipinski definition) is 3. The first-order chi connectivity index (χ1) is 14.5. The van der Waals surface area contributed by atoms with Crippen molar-refractivity contribution < 1.29 is 5.11 Å². The number of aromatic amines is 1. The summed E-state index contributed by atoms with van der Waals surface area (Å²) in [6, 6.07) is 21.5. The second kappa shape index (κ2) is 7.31. The van der Waals surface area contributed by atoms with Gasteiger partial charge in [-0.25, -0.2) is 0 Å². The van der Waals surface area contributed by atoms with Crippen LogP contribution in [0.4, 0.5) is 0 Å². The number of H-pyrrole nitrogens is 1. The number of rotatable bonds is 2. The zero-order valence-electron chi connectivity index (χ0n) is 16.5. The number of nitrogens with zero attached hydrogens (tertiary/aromatic N) is 1. The Kier molecular flexibility index (Phi) is 4.61. The zero-order valence-corrected chi connectivity index (χ0v) is 17.3. The highest BCUT2D eigenvalue weighted by molar-refractivity contribution is 6.31. The third kappa shape index (κ3) is 3.18. The fourth-order valence-corrected chi connectivity index (χ4v) is 4.67. The number of aromatic hydroxyl groups is 1. The van der Waals surface area contributed by atoms with Crippen molar-refractivity contribution in [2.24, 2.45) is 0 Å². The Morgan fingerprint density at radius 2 is 1.90 bits per heavy atom. The van der Waals surface area contributed by atoms with Crippen LogP contribution >= 0.6 is 11.6 Å². The summed E-state index contributed by atoms with van der Waals surface area (Å²) in [5.41, 5.74) is 4.94. The number of halogens is 1. The van der Waals surface area contributed by atoms with Gasteiger partial charge in [0.1, 0.15) is 5.75 Å². The summed E-state index contributed by atoms with van der Waals surface area (Å²) >= 11 is 6.03. The fourth-order valence-electron chi connectivity index (χ4n) is 4.50. The maximum absolute atomic E-state index is 12.8. The molecule has 0 fully saturated rings. The van der Waals surface area contributed by atoms with E-state index in [0.717, 1.165) is 18.7 Å². The minimum atomic E-state index is -0.333. The lowest BCUT2D eigenvalue weighted by atomic mass is 9.84. The Bertz CT molecular complexity index is 1330. The smallest absolute Gasteiger partial charge is 0.260 e. The van der Waals surface area contributed by atoms with Gasteiger partial charge in [0.15, 0.2) is 0 Å². The molecule has 2 heterocycles. The first kappa shape index (κ1) is 18.9. The quantitative estimate of drug-likeness (QED) is 0.476. The number of aromatic nitrogens is 1.